The molecule has 4 heteroatoms. The largest absolute Gasteiger partial charge is 0.472 e. The number of furan rings is 1. The molecule has 1 rings (SSSR count). The average Bonchev–Trinajstić information content (AvgIpc) is 2.63. The summed E-state index contributed by atoms with van der Waals surface area (Å²) in [6.07, 6.45) is 3.21. The smallest absolute Gasteiger partial charge is 0.234 e. The lowest BCUT2D eigenvalue weighted by molar-refractivity contribution is -0.120. The van der Waals surface area contributed by atoms with E-state index in [1.165, 1.54) is 0 Å². The molecule has 0 radical (unpaired) electrons. The van der Waals surface area contributed by atoms with Crippen molar-refractivity contribution >= 4 is 5.91 Å². The minimum atomic E-state index is -0.0000926. The first-order valence-electron chi connectivity index (χ1n) is 4.69. The molecule has 14 heavy (non-hydrogen) atoms. The summed E-state index contributed by atoms with van der Waals surface area (Å²) in [4.78, 5) is 11.2. The normalized spacial score (nSPS) is 10.5. The Labute approximate surface area is 83.7 Å². The molecule has 0 saturated carbocycles. The Morgan fingerprint density at radius 3 is 2.93 bits per heavy atom. The SMILES string of the molecule is CC(C)NCC(=O)NCc1ccoc1. The summed E-state index contributed by atoms with van der Waals surface area (Å²) in [6, 6.07) is 2.16. The Bertz CT molecular complexity index is 268. The Kier molecular flexibility index (Phi) is 4.19. The Morgan fingerprint density at radius 2 is 2.36 bits per heavy atom. The molecule has 1 amide bonds. The average molecular weight is 196 g/mol. The third kappa shape index (κ3) is 4.09. The summed E-state index contributed by atoms with van der Waals surface area (Å²) < 4.78 is 4.88. The Hall–Kier alpha value is -1.29. The lowest BCUT2D eigenvalue weighted by Gasteiger charge is -2.07. The van der Waals surface area contributed by atoms with Crippen LogP contribution in [-0.4, -0.2) is 18.5 Å². The van der Waals surface area contributed by atoms with Gasteiger partial charge in [-0.3, -0.25) is 4.79 Å². The zero-order valence-electron chi connectivity index (χ0n) is 8.54. The fourth-order valence-electron chi connectivity index (χ4n) is 0.953. The van der Waals surface area contributed by atoms with Crippen molar-refractivity contribution < 1.29 is 9.21 Å². The first-order valence-corrected chi connectivity index (χ1v) is 4.69. The summed E-state index contributed by atoms with van der Waals surface area (Å²) in [5.41, 5.74) is 0.975. The van der Waals surface area contributed by atoms with E-state index in [1.807, 2.05) is 19.9 Å². The molecular formula is C10H16N2O2. The van der Waals surface area contributed by atoms with E-state index in [2.05, 4.69) is 10.6 Å². The first kappa shape index (κ1) is 10.8. The third-order valence-corrected chi connectivity index (χ3v) is 1.74. The van der Waals surface area contributed by atoms with Crippen molar-refractivity contribution in [3.63, 3.8) is 0 Å². The van der Waals surface area contributed by atoms with Crippen LogP contribution in [0.4, 0.5) is 0 Å². The van der Waals surface area contributed by atoms with Crippen LogP contribution < -0.4 is 10.6 Å². The van der Waals surface area contributed by atoms with Crippen LogP contribution in [0.1, 0.15) is 19.4 Å². The molecule has 0 spiro atoms. The molecule has 0 bridgehead atoms. The van der Waals surface area contributed by atoms with Crippen LogP contribution in [0.3, 0.4) is 0 Å². The van der Waals surface area contributed by atoms with Gasteiger partial charge >= 0.3 is 0 Å². The van der Waals surface area contributed by atoms with Gasteiger partial charge in [-0.25, -0.2) is 0 Å². The predicted molar refractivity (Wildman–Crippen MR) is 53.7 cm³/mol. The van der Waals surface area contributed by atoms with Gasteiger partial charge < -0.3 is 15.1 Å². The van der Waals surface area contributed by atoms with Crippen molar-refractivity contribution in [2.24, 2.45) is 0 Å². The molecule has 0 aliphatic heterocycles. The first-order chi connectivity index (χ1) is 6.68. The second kappa shape index (κ2) is 5.44. The Morgan fingerprint density at radius 1 is 1.57 bits per heavy atom. The molecule has 1 aromatic rings. The van der Waals surface area contributed by atoms with E-state index in [4.69, 9.17) is 4.42 Å². The molecule has 0 unspecified atom stereocenters. The van der Waals surface area contributed by atoms with E-state index in [9.17, 15) is 4.79 Å². The van der Waals surface area contributed by atoms with Crippen molar-refractivity contribution in [2.75, 3.05) is 6.54 Å². The fraction of sp³-hybridized carbons (Fsp3) is 0.500. The molecule has 1 heterocycles. The maximum absolute atomic E-state index is 11.2. The van der Waals surface area contributed by atoms with Crippen LogP contribution >= 0.6 is 0 Å². The van der Waals surface area contributed by atoms with Crippen LogP contribution in [0, 0.1) is 0 Å². The molecule has 2 N–H and O–H groups in total. The maximum Gasteiger partial charge on any atom is 0.234 e. The zero-order chi connectivity index (χ0) is 10.4. The highest BCUT2D eigenvalue weighted by Crippen LogP contribution is 1.97. The number of nitrogens with one attached hydrogen (secondary N) is 2. The number of amides is 1. The molecule has 0 aliphatic carbocycles. The quantitative estimate of drug-likeness (QED) is 0.735. The van der Waals surface area contributed by atoms with Gasteiger partial charge in [-0.1, -0.05) is 13.8 Å². The third-order valence-electron chi connectivity index (χ3n) is 1.74. The highest BCUT2D eigenvalue weighted by molar-refractivity contribution is 5.77. The highest BCUT2D eigenvalue weighted by atomic mass is 16.3. The number of rotatable bonds is 5. The summed E-state index contributed by atoms with van der Waals surface area (Å²) in [6.45, 7) is 4.89. The lowest BCUT2D eigenvalue weighted by atomic mass is 10.3. The van der Waals surface area contributed by atoms with E-state index in [0.717, 1.165) is 5.56 Å². The molecular weight excluding hydrogens is 180 g/mol. The summed E-state index contributed by atoms with van der Waals surface area (Å²) in [5.74, 6) is -0.0000926. The standard InChI is InChI=1S/C10H16N2O2/c1-8(2)11-6-10(13)12-5-9-3-4-14-7-9/h3-4,7-8,11H,5-6H2,1-2H3,(H,12,13). The van der Waals surface area contributed by atoms with Gasteiger partial charge in [0.25, 0.3) is 0 Å². The maximum atomic E-state index is 11.2. The monoisotopic (exact) mass is 196 g/mol. The zero-order valence-corrected chi connectivity index (χ0v) is 8.54. The highest BCUT2D eigenvalue weighted by Gasteiger charge is 2.02. The molecule has 4 nitrogen and oxygen atoms in total. The minimum absolute atomic E-state index is 0.0000926. The van der Waals surface area contributed by atoms with Gasteiger partial charge in [-0.05, 0) is 6.07 Å². The van der Waals surface area contributed by atoms with Gasteiger partial charge in [0, 0.05) is 18.2 Å². The van der Waals surface area contributed by atoms with Gasteiger partial charge in [-0.15, -0.1) is 0 Å². The molecule has 0 saturated heterocycles. The van der Waals surface area contributed by atoms with Crippen LogP contribution in [-0.2, 0) is 11.3 Å². The second-order valence-corrected chi connectivity index (χ2v) is 3.44. The number of hydrogen-bond acceptors (Lipinski definition) is 3. The van der Waals surface area contributed by atoms with Crippen LogP contribution in [0.25, 0.3) is 0 Å². The summed E-state index contributed by atoms with van der Waals surface area (Å²) in [7, 11) is 0. The predicted octanol–water partition coefficient (Wildman–Crippen LogP) is 0.894. The molecule has 0 aliphatic rings. The van der Waals surface area contributed by atoms with Gasteiger partial charge in [0.1, 0.15) is 0 Å². The fourth-order valence-corrected chi connectivity index (χ4v) is 0.953. The van der Waals surface area contributed by atoms with Gasteiger partial charge in [-0.2, -0.15) is 0 Å². The van der Waals surface area contributed by atoms with Crippen molar-refractivity contribution in [3.8, 4) is 0 Å². The molecule has 0 fully saturated rings. The molecule has 1 aromatic heterocycles. The molecule has 78 valence electrons. The molecule has 0 atom stereocenters. The molecule has 0 aromatic carbocycles. The van der Waals surface area contributed by atoms with E-state index in [-0.39, 0.29) is 5.91 Å². The van der Waals surface area contributed by atoms with Crippen LogP contribution in [0.2, 0.25) is 0 Å². The van der Waals surface area contributed by atoms with Gasteiger partial charge in [0.15, 0.2) is 0 Å². The van der Waals surface area contributed by atoms with Crippen molar-refractivity contribution in [3.05, 3.63) is 24.2 Å². The van der Waals surface area contributed by atoms with E-state index in [0.29, 0.717) is 19.1 Å². The van der Waals surface area contributed by atoms with E-state index in [1.54, 1.807) is 12.5 Å². The number of hydrogen-bond donors (Lipinski definition) is 2. The Balaban J connectivity index is 2.15. The van der Waals surface area contributed by atoms with Crippen LogP contribution in [0.5, 0.6) is 0 Å². The summed E-state index contributed by atoms with van der Waals surface area (Å²) in [5, 5.41) is 5.82. The van der Waals surface area contributed by atoms with Crippen molar-refractivity contribution in [1.82, 2.24) is 10.6 Å². The van der Waals surface area contributed by atoms with Gasteiger partial charge in [0.05, 0.1) is 19.1 Å². The van der Waals surface area contributed by atoms with E-state index >= 15 is 0 Å². The topological polar surface area (TPSA) is 54.3 Å². The number of carbonyl (C=O) groups excluding carboxylic acids is 1. The summed E-state index contributed by atoms with van der Waals surface area (Å²) >= 11 is 0. The second-order valence-electron chi connectivity index (χ2n) is 3.44. The van der Waals surface area contributed by atoms with E-state index < -0.39 is 0 Å². The van der Waals surface area contributed by atoms with Gasteiger partial charge in [0.2, 0.25) is 5.91 Å². The van der Waals surface area contributed by atoms with Crippen molar-refractivity contribution in [1.29, 1.82) is 0 Å². The van der Waals surface area contributed by atoms with Crippen molar-refractivity contribution in [2.45, 2.75) is 26.4 Å². The minimum Gasteiger partial charge on any atom is -0.472 e. The number of carbonyl (C=O) groups is 1. The van der Waals surface area contributed by atoms with Crippen LogP contribution in [0.15, 0.2) is 23.0 Å². The lowest BCUT2D eigenvalue weighted by Crippen LogP contribution is -2.36.